The normalized spacial score (nSPS) is 20.6. The fraction of sp³-hybridized carbons (Fsp3) is 0.364. The van der Waals surface area contributed by atoms with Gasteiger partial charge in [-0.15, -0.1) is 0 Å². The van der Waals surface area contributed by atoms with Gasteiger partial charge in [-0.05, 0) is 12.5 Å². The standard InChI is InChI=1S/C11H12O3/c1-13-10-5-3-2-4-8(10)9-6-7-14-11(9)12/h2-5,9H,6-7H2,1H3. The van der Waals surface area contributed by atoms with Gasteiger partial charge in [-0.2, -0.15) is 0 Å². The number of hydrogen-bond acceptors (Lipinski definition) is 3. The number of para-hydroxylation sites is 1. The van der Waals surface area contributed by atoms with Crippen molar-refractivity contribution < 1.29 is 14.3 Å². The smallest absolute Gasteiger partial charge is 0.313 e. The Hall–Kier alpha value is -1.51. The summed E-state index contributed by atoms with van der Waals surface area (Å²) in [4.78, 5) is 11.4. The molecule has 0 radical (unpaired) electrons. The van der Waals surface area contributed by atoms with Crippen molar-refractivity contribution in [1.29, 1.82) is 0 Å². The lowest BCUT2D eigenvalue weighted by Gasteiger charge is -2.10. The second-order valence-corrected chi connectivity index (χ2v) is 3.25. The van der Waals surface area contributed by atoms with Crippen LogP contribution in [0.2, 0.25) is 0 Å². The fourth-order valence-electron chi connectivity index (χ4n) is 1.73. The van der Waals surface area contributed by atoms with E-state index in [1.165, 1.54) is 0 Å². The minimum atomic E-state index is -0.147. The Morgan fingerprint density at radius 3 is 2.86 bits per heavy atom. The van der Waals surface area contributed by atoms with E-state index in [1.54, 1.807) is 7.11 Å². The van der Waals surface area contributed by atoms with Crippen molar-refractivity contribution in [3.8, 4) is 5.75 Å². The topological polar surface area (TPSA) is 35.5 Å². The maximum Gasteiger partial charge on any atom is 0.313 e. The Labute approximate surface area is 82.6 Å². The van der Waals surface area contributed by atoms with Crippen molar-refractivity contribution in [1.82, 2.24) is 0 Å². The van der Waals surface area contributed by atoms with Crippen molar-refractivity contribution >= 4 is 5.97 Å². The average Bonchev–Trinajstić information content (AvgIpc) is 2.64. The molecule has 0 amide bonds. The van der Waals surface area contributed by atoms with E-state index in [0.717, 1.165) is 17.7 Å². The first-order valence-corrected chi connectivity index (χ1v) is 4.62. The van der Waals surface area contributed by atoms with Crippen molar-refractivity contribution in [3.05, 3.63) is 29.8 Å². The molecule has 74 valence electrons. The summed E-state index contributed by atoms with van der Waals surface area (Å²) in [5.74, 6) is 0.469. The van der Waals surface area contributed by atoms with E-state index in [1.807, 2.05) is 24.3 Å². The van der Waals surface area contributed by atoms with Crippen LogP contribution >= 0.6 is 0 Å². The molecule has 1 aliphatic heterocycles. The van der Waals surface area contributed by atoms with Gasteiger partial charge in [0, 0.05) is 5.56 Å². The third-order valence-electron chi connectivity index (χ3n) is 2.45. The van der Waals surface area contributed by atoms with Gasteiger partial charge < -0.3 is 9.47 Å². The molecule has 2 rings (SSSR count). The van der Waals surface area contributed by atoms with Crippen LogP contribution in [0, 0.1) is 0 Å². The Morgan fingerprint density at radius 2 is 2.21 bits per heavy atom. The molecule has 14 heavy (non-hydrogen) atoms. The van der Waals surface area contributed by atoms with Crippen LogP contribution in [0.25, 0.3) is 0 Å². The van der Waals surface area contributed by atoms with Gasteiger partial charge in [0.25, 0.3) is 0 Å². The number of methoxy groups -OCH3 is 1. The Kier molecular flexibility index (Phi) is 2.39. The number of ether oxygens (including phenoxy) is 2. The average molecular weight is 192 g/mol. The molecule has 0 saturated carbocycles. The highest BCUT2D eigenvalue weighted by atomic mass is 16.5. The third-order valence-corrected chi connectivity index (χ3v) is 2.45. The molecule has 1 heterocycles. The lowest BCUT2D eigenvalue weighted by Crippen LogP contribution is -2.06. The van der Waals surface area contributed by atoms with Crippen molar-refractivity contribution in [2.24, 2.45) is 0 Å². The quantitative estimate of drug-likeness (QED) is 0.669. The SMILES string of the molecule is COc1ccccc1C1CCOC1=O. The van der Waals surface area contributed by atoms with Gasteiger partial charge in [0.1, 0.15) is 5.75 Å². The number of carbonyl (C=O) groups is 1. The number of cyclic esters (lactones) is 1. The zero-order valence-corrected chi connectivity index (χ0v) is 8.03. The van der Waals surface area contributed by atoms with E-state index in [0.29, 0.717) is 6.61 Å². The van der Waals surface area contributed by atoms with Crippen LogP contribution in [0.5, 0.6) is 5.75 Å². The molecule has 1 aromatic carbocycles. The molecular weight excluding hydrogens is 180 g/mol. The van der Waals surface area contributed by atoms with Crippen LogP contribution in [0.1, 0.15) is 17.9 Å². The van der Waals surface area contributed by atoms with Crippen molar-refractivity contribution in [2.45, 2.75) is 12.3 Å². The Balaban J connectivity index is 2.35. The molecule has 0 bridgehead atoms. The largest absolute Gasteiger partial charge is 0.496 e. The predicted molar refractivity (Wildman–Crippen MR) is 51.3 cm³/mol. The van der Waals surface area contributed by atoms with Crippen LogP contribution in [-0.4, -0.2) is 19.7 Å². The summed E-state index contributed by atoms with van der Waals surface area (Å²) < 4.78 is 10.1. The van der Waals surface area contributed by atoms with E-state index in [2.05, 4.69) is 0 Å². The number of rotatable bonds is 2. The van der Waals surface area contributed by atoms with Crippen LogP contribution in [-0.2, 0) is 9.53 Å². The first-order chi connectivity index (χ1) is 6.83. The minimum absolute atomic E-state index is 0.144. The molecule has 1 atom stereocenters. The Morgan fingerprint density at radius 1 is 1.43 bits per heavy atom. The van der Waals surface area contributed by atoms with Gasteiger partial charge in [0.2, 0.25) is 0 Å². The highest BCUT2D eigenvalue weighted by Gasteiger charge is 2.30. The van der Waals surface area contributed by atoms with E-state index >= 15 is 0 Å². The van der Waals surface area contributed by atoms with Gasteiger partial charge in [0.05, 0.1) is 19.6 Å². The van der Waals surface area contributed by atoms with E-state index in [9.17, 15) is 4.79 Å². The monoisotopic (exact) mass is 192 g/mol. The summed E-state index contributed by atoms with van der Waals surface area (Å²) in [6.07, 6.45) is 0.749. The van der Waals surface area contributed by atoms with E-state index < -0.39 is 0 Å². The van der Waals surface area contributed by atoms with E-state index in [4.69, 9.17) is 9.47 Å². The van der Waals surface area contributed by atoms with Crippen LogP contribution < -0.4 is 4.74 Å². The van der Waals surface area contributed by atoms with Gasteiger partial charge in [0.15, 0.2) is 0 Å². The Bertz CT molecular complexity index is 346. The summed E-state index contributed by atoms with van der Waals surface area (Å²) in [6, 6.07) is 7.57. The molecule has 1 unspecified atom stereocenters. The minimum Gasteiger partial charge on any atom is -0.496 e. The summed E-state index contributed by atoms with van der Waals surface area (Å²) in [5.41, 5.74) is 0.928. The number of carbonyl (C=O) groups excluding carboxylic acids is 1. The molecule has 0 spiro atoms. The maximum absolute atomic E-state index is 11.4. The molecular formula is C11H12O3. The van der Waals surface area contributed by atoms with Crippen LogP contribution in [0.15, 0.2) is 24.3 Å². The fourth-order valence-corrected chi connectivity index (χ4v) is 1.73. The highest BCUT2D eigenvalue weighted by Crippen LogP contribution is 2.32. The summed E-state index contributed by atoms with van der Waals surface area (Å²) in [6.45, 7) is 0.515. The van der Waals surface area contributed by atoms with Gasteiger partial charge in [-0.3, -0.25) is 4.79 Å². The summed E-state index contributed by atoms with van der Waals surface area (Å²) >= 11 is 0. The van der Waals surface area contributed by atoms with Gasteiger partial charge in [-0.1, -0.05) is 18.2 Å². The number of esters is 1. The zero-order chi connectivity index (χ0) is 9.97. The second-order valence-electron chi connectivity index (χ2n) is 3.25. The van der Waals surface area contributed by atoms with Gasteiger partial charge >= 0.3 is 5.97 Å². The lowest BCUT2D eigenvalue weighted by molar-refractivity contribution is -0.139. The van der Waals surface area contributed by atoms with Crippen LogP contribution in [0.4, 0.5) is 0 Å². The van der Waals surface area contributed by atoms with Gasteiger partial charge in [-0.25, -0.2) is 0 Å². The molecule has 1 saturated heterocycles. The molecule has 0 N–H and O–H groups in total. The number of benzene rings is 1. The van der Waals surface area contributed by atoms with Crippen molar-refractivity contribution in [2.75, 3.05) is 13.7 Å². The molecule has 3 heteroatoms. The molecule has 0 aliphatic carbocycles. The predicted octanol–water partition coefficient (Wildman–Crippen LogP) is 1.73. The lowest BCUT2D eigenvalue weighted by atomic mass is 9.97. The maximum atomic E-state index is 11.4. The van der Waals surface area contributed by atoms with Crippen molar-refractivity contribution in [3.63, 3.8) is 0 Å². The second kappa shape index (κ2) is 3.70. The summed E-state index contributed by atoms with van der Waals surface area (Å²) in [5, 5.41) is 0. The zero-order valence-electron chi connectivity index (χ0n) is 8.03. The number of hydrogen-bond donors (Lipinski definition) is 0. The summed E-state index contributed by atoms with van der Waals surface area (Å²) in [7, 11) is 1.61. The molecule has 1 aromatic rings. The highest BCUT2D eigenvalue weighted by molar-refractivity contribution is 5.80. The molecule has 0 aromatic heterocycles. The third kappa shape index (κ3) is 1.45. The van der Waals surface area contributed by atoms with Crippen LogP contribution in [0.3, 0.4) is 0 Å². The molecule has 1 aliphatic rings. The van der Waals surface area contributed by atoms with E-state index in [-0.39, 0.29) is 11.9 Å². The molecule has 3 nitrogen and oxygen atoms in total. The molecule has 1 fully saturated rings. The first kappa shape index (κ1) is 9.06. The first-order valence-electron chi connectivity index (χ1n) is 4.62.